The molecule has 41 heavy (non-hydrogen) atoms. The van der Waals surface area contributed by atoms with E-state index in [0.29, 0.717) is 25.2 Å². The van der Waals surface area contributed by atoms with Crippen LogP contribution in [-0.2, 0) is 11.4 Å². The first-order valence-corrected chi connectivity index (χ1v) is 14.3. The van der Waals surface area contributed by atoms with Crippen LogP contribution in [0, 0.1) is 17.6 Å². The molecule has 8 nitrogen and oxygen atoms in total. The molecule has 5 rings (SSSR count). The number of piperazine rings is 1. The van der Waals surface area contributed by atoms with E-state index in [1.807, 2.05) is 11.9 Å². The zero-order valence-electron chi connectivity index (χ0n) is 23.5. The predicted molar refractivity (Wildman–Crippen MR) is 153 cm³/mol. The first-order valence-electron chi connectivity index (χ1n) is 14.3. The van der Waals surface area contributed by atoms with Crippen molar-refractivity contribution in [3.8, 4) is 5.75 Å². The Kier molecular flexibility index (Phi) is 11.2. The van der Waals surface area contributed by atoms with Gasteiger partial charge in [0.05, 0.1) is 6.54 Å². The minimum absolute atomic E-state index is 0. The monoisotopic (exact) mass is 596 g/mol. The van der Waals surface area contributed by atoms with Crippen molar-refractivity contribution in [2.24, 2.45) is 0 Å². The molecule has 1 saturated carbocycles. The molecule has 12 heteroatoms. The first kappa shape index (κ1) is 31.5. The molecule has 0 bridgehead atoms. The summed E-state index contributed by atoms with van der Waals surface area (Å²) in [7, 11) is 1.96. The standard InChI is InChI=1S/C29H39F3N6O2.ClH/c1-33-7-10-36-11-13-37(14-12-36)18-27(39)38-8-4-22(5-9-38)35-26-17-23(26)24-15-21(30)16-25(31)28(24)40-19-20-3-2-6-34-29(20)32;/h2-3,6,15-16,22-23,26,33,35H,4-5,7-14,17-19H2,1H3;1H/t23-,26+;/m0./s1. The number of nitrogens with zero attached hydrogens (tertiary/aromatic N) is 4. The topological polar surface area (TPSA) is 73.0 Å². The lowest BCUT2D eigenvalue weighted by Gasteiger charge is -2.37. The number of aromatic nitrogens is 1. The van der Waals surface area contributed by atoms with Gasteiger partial charge in [-0.1, -0.05) is 0 Å². The SMILES string of the molecule is CNCCN1CCN(CC(=O)N2CCC(N[C@@H]3C[C@H]3c3cc(F)cc(F)c3OCc3cccnc3F)CC2)CC1.Cl. The highest BCUT2D eigenvalue weighted by atomic mass is 35.5. The van der Waals surface area contributed by atoms with Crippen molar-refractivity contribution in [1.29, 1.82) is 0 Å². The lowest BCUT2D eigenvalue weighted by Crippen LogP contribution is -2.52. The van der Waals surface area contributed by atoms with Gasteiger partial charge in [0.15, 0.2) is 11.6 Å². The molecule has 2 aliphatic heterocycles. The van der Waals surface area contributed by atoms with Gasteiger partial charge in [-0.15, -0.1) is 12.4 Å². The van der Waals surface area contributed by atoms with E-state index in [9.17, 15) is 18.0 Å². The Morgan fingerprint density at radius 3 is 2.51 bits per heavy atom. The number of nitrogens with one attached hydrogen (secondary N) is 2. The molecule has 2 N–H and O–H groups in total. The number of rotatable bonds is 11. The maximum absolute atomic E-state index is 14.7. The molecule has 226 valence electrons. The summed E-state index contributed by atoms with van der Waals surface area (Å²) in [6.07, 6.45) is 3.75. The Balaban J connectivity index is 0.00000387. The highest BCUT2D eigenvalue weighted by Crippen LogP contribution is 2.46. The lowest BCUT2D eigenvalue weighted by atomic mass is 10.0. The molecule has 3 fully saturated rings. The number of ether oxygens (including phenoxy) is 1. The number of amides is 1. The Bertz CT molecular complexity index is 1160. The molecule has 1 aromatic carbocycles. The molecule has 0 spiro atoms. The van der Waals surface area contributed by atoms with Crippen LogP contribution in [0.1, 0.15) is 36.3 Å². The van der Waals surface area contributed by atoms with Gasteiger partial charge in [0.2, 0.25) is 11.9 Å². The second-order valence-electron chi connectivity index (χ2n) is 11.0. The minimum Gasteiger partial charge on any atom is -0.485 e. The molecule has 0 unspecified atom stereocenters. The average Bonchev–Trinajstić information content (AvgIpc) is 3.72. The van der Waals surface area contributed by atoms with Crippen LogP contribution in [0.2, 0.25) is 0 Å². The molecule has 0 radical (unpaired) electrons. The zero-order chi connectivity index (χ0) is 28.1. The normalized spacial score (nSPS) is 21.9. The summed E-state index contributed by atoms with van der Waals surface area (Å²) in [5.74, 6) is -2.08. The van der Waals surface area contributed by atoms with Gasteiger partial charge in [-0.2, -0.15) is 4.39 Å². The van der Waals surface area contributed by atoms with Crippen LogP contribution in [0.25, 0.3) is 0 Å². The number of carbonyl (C=O) groups excluding carboxylic acids is 1. The van der Waals surface area contributed by atoms with Crippen LogP contribution in [-0.4, -0.2) is 104 Å². The molecule has 2 saturated heterocycles. The molecule has 1 amide bonds. The Labute approximate surface area is 246 Å². The van der Waals surface area contributed by atoms with Crippen LogP contribution < -0.4 is 15.4 Å². The van der Waals surface area contributed by atoms with E-state index >= 15 is 0 Å². The first-order chi connectivity index (χ1) is 19.4. The van der Waals surface area contributed by atoms with Gasteiger partial charge in [-0.3, -0.25) is 14.6 Å². The van der Waals surface area contributed by atoms with Crippen LogP contribution >= 0.6 is 12.4 Å². The van der Waals surface area contributed by atoms with Gasteiger partial charge in [-0.05, 0) is 44.5 Å². The predicted octanol–water partition coefficient (Wildman–Crippen LogP) is 2.77. The van der Waals surface area contributed by atoms with Crippen molar-refractivity contribution in [2.45, 2.75) is 43.9 Å². The second kappa shape index (κ2) is 14.6. The van der Waals surface area contributed by atoms with E-state index in [-0.39, 0.29) is 54.2 Å². The van der Waals surface area contributed by atoms with Gasteiger partial charge >= 0.3 is 0 Å². The average molecular weight is 597 g/mol. The van der Waals surface area contributed by atoms with Crippen molar-refractivity contribution in [3.63, 3.8) is 0 Å². The summed E-state index contributed by atoms with van der Waals surface area (Å²) in [5, 5.41) is 6.80. The summed E-state index contributed by atoms with van der Waals surface area (Å²) in [4.78, 5) is 23.1. The highest BCUT2D eigenvalue weighted by Gasteiger charge is 2.42. The number of hydrogen-bond acceptors (Lipinski definition) is 7. The number of likely N-dealkylation sites (tertiary alicyclic amines) is 1. The highest BCUT2D eigenvalue weighted by molar-refractivity contribution is 5.85. The van der Waals surface area contributed by atoms with Crippen LogP contribution in [0.4, 0.5) is 13.2 Å². The maximum atomic E-state index is 14.7. The van der Waals surface area contributed by atoms with Crippen LogP contribution in [0.3, 0.4) is 0 Å². The van der Waals surface area contributed by atoms with E-state index in [2.05, 4.69) is 25.4 Å². The van der Waals surface area contributed by atoms with E-state index < -0.39 is 17.6 Å². The summed E-state index contributed by atoms with van der Waals surface area (Å²) in [6.45, 7) is 7.51. The molecule has 1 aromatic heterocycles. The summed E-state index contributed by atoms with van der Waals surface area (Å²) < 4.78 is 48.4. The van der Waals surface area contributed by atoms with E-state index in [0.717, 1.165) is 64.6 Å². The molecular weight excluding hydrogens is 557 g/mol. The van der Waals surface area contributed by atoms with Gasteiger partial charge in [0, 0.05) is 93.7 Å². The molecule has 3 aliphatic rings. The van der Waals surface area contributed by atoms with Gasteiger partial charge < -0.3 is 20.3 Å². The van der Waals surface area contributed by atoms with Crippen molar-refractivity contribution in [3.05, 3.63) is 59.2 Å². The van der Waals surface area contributed by atoms with E-state index in [1.54, 1.807) is 6.07 Å². The van der Waals surface area contributed by atoms with Crippen molar-refractivity contribution < 1.29 is 22.7 Å². The molecule has 2 atom stereocenters. The number of carbonyl (C=O) groups is 1. The molecule has 1 aliphatic carbocycles. The minimum atomic E-state index is -0.795. The van der Waals surface area contributed by atoms with Crippen LogP contribution in [0.5, 0.6) is 5.75 Å². The number of benzene rings is 1. The lowest BCUT2D eigenvalue weighted by molar-refractivity contribution is -0.134. The van der Waals surface area contributed by atoms with Gasteiger partial charge in [0.25, 0.3) is 0 Å². The maximum Gasteiger partial charge on any atom is 0.236 e. The quantitative estimate of drug-likeness (QED) is 0.387. The molecular formula is C29H40ClF3N6O2. The fourth-order valence-electron chi connectivity index (χ4n) is 5.74. The third-order valence-corrected chi connectivity index (χ3v) is 8.23. The number of piperidine rings is 1. The Hall–Kier alpha value is -2.44. The fourth-order valence-corrected chi connectivity index (χ4v) is 5.74. The van der Waals surface area contributed by atoms with Crippen molar-refractivity contribution in [1.82, 2.24) is 30.3 Å². The largest absolute Gasteiger partial charge is 0.485 e. The summed E-state index contributed by atoms with van der Waals surface area (Å²) >= 11 is 0. The third kappa shape index (κ3) is 8.32. The number of likely N-dealkylation sites (N-methyl/N-ethyl adjacent to an activating group) is 1. The number of halogens is 4. The molecule has 3 heterocycles. The van der Waals surface area contributed by atoms with E-state index in [1.165, 1.54) is 18.3 Å². The van der Waals surface area contributed by atoms with Gasteiger partial charge in [-0.25, -0.2) is 13.8 Å². The Morgan fingerprint density at radius 2 is 1.80 bits per heavy atom. The summed E-state index contributed by atoms with van der Waals surface area (Å²) in [5.41, 5.74) is 0.661. The third-order valence-electron chi connectivity index (χ3n) is 8.23. The smallest absolute Gasteiger partial charge is 0.236 e. The second-order valence-corrected chi connectivity index (χ2v) is 11.0. The van der Waals surface area contributed by atoms with Crippen LogP contribution in [0.15, 0.2) is 30.5 Å². The fraction of sp³-hybridized carbons (Fsp3) is 0.586. The Morgan fingerprint density at radius 1 is 1.07 bits per heavy atom. The number of pyridine rings is 1. The summed E-state index contributed by atoms with van der Waals surface area (Å²) in [6, 6.07) is 5.52. The van der Waals surface area contributed by atoms with Crippen molar-refractivity contribution in [2.75, 3.05) is 66.0 Å². The van der Waals surface area contributed by atoms with E-state index in [4.69, 9.17) is 4.74 Å². The van der Waals surface area contributed by atoms with Gasteiger partial charge in [0.1, 0.15) is 12.4 Å². The van der Waals surface area contributed by atoms with Crippen molar-refractivity contribution >= 4 is 18.3 Å². The zero-order valence-corrected chi connectivity index (χ0v) is 24.3. The number of hydrogen-bond donors (Lipinski definition) is 2. The molecule has 2 aromatic rings.